The Bertz CT molecular complexity index is 1490. The average Bonchev–Trinajstić information content (AvgIpc) is 3.64. The molecule has 1 aliphatic heterocycles. The van der Waals surface area contributed by atoms with E-state index in [1.54, 1.807) is 16.9 Å². The quantitative estimate of drug-likeness (QED) is 0.287. The van der Waals surface area contributed by atoms with Crippen LogP contribution < -0.4 is 16.0 Å². The summed E-state index contributed by atoms with van der Waals surface area (Å²) in [5.41, 5.74) is 0.542. The number of rotatable bonds is 7. The van der Waals surface area contributed by atoms with Crippen molar-refractivity contribution in [3.8, 4) is 10.7 Å². The molecule has 10 nitrogen and oxygen atoms in total. The molecular formula is C24H26F4N8O2S. The van der Waals surface area contributed by atoms with Crippen molar-refractivity contribution in [2.24, 2.45) is 0 Å². The number of nitrogens with zero attached hydrogens (tertiary/aromatic N) is 5. The van der Waals surface area contributed by atoms with Gasteiger partial charge in [-0.1, -0.05) is 5.16 Å². The second-order valence-electron chi connectivity index (χ2n) is 10.2. The first-order valence-corrected chi connectivity index (χ1v) is 13.0. The van der Waals surface area contributed by atoms with Gasteiger partial charge in [0.05, 0.1) is 57.1 Å². The number of halogens is 4. The summed E-state index contributed by atoms with van der Waals surface area (Å²) in [6.45, 7) is 6.28. The number of carbonyl (C=O) groups excluding carboxylic acids is 1. The van der Waals surface area contributed by atoms with Crippen LogP contribution in [0.2, 0.25) is 0 Å². The lowest BCUT2D eigenvalue weighted by Crippen LogP contribution is -2.29. The van der Waals surface area contributed by atoms with Crippen molar-refractivity contribution in [2.45, 2.75) is 57.7 Å². The molecule has 0 bridgehead atoms. The van der Waals surface area contributed by atoms with Crippen LogP contribution in [0.15, 0.2) is 29.2 Å². The second-order valence-corrected chi connectivity index (χ2v) is 11.2. The zero-order chi connectivity index (χ0) is 27.9. The number of carbonyl (C=O) groups is 1. The molecular weight excluding hydrogens is 540 g/mol. The molecule has 39 heavy (non-hydrogen) atoms. The van der Waals surface area contributed by atoms with E-state index in [9.17, 15) is 22.4 Å². The Balaban J connectivity index is 1.40. The molecule has 1 saturated heterocycles. The minimum Gasteiger partial charge on any atom is -0.377 e. The lowest BCUT2D eigenvalue weighted by Gasteiger charge is -2.18. The van der Waals surface area contributed by atoms with Gasteiger partial charge in [-0.05, 0) is 26.8 Å². The van der Waals surface area contributed by atoms with E-state index >= 15 is 0 Å². The van der Waals surface area contributed by atoms with Gasteiger partial charge in [-0.2, -0.15) is 23.3 Å². The molecule has 2 atom stereocenters. The molecule has 15 heteroatoms. The maximum absolute atomic E-state index is 14.2. The molecule has 4 aromatic heterocycles. The first kappa shape index (κ1) is 27.0. The van der Waals surface area contributed by atoms with Gasteiger partial charge < -0.3 is 20.5 Å². The van der Waals surface area contributed by atoms with Crippen LogP contribution in [0.25, 0.3) is 20.9 Å². The van der Waals surface area contributed by atoms with E-state index in [0.717, 1.165) is 11.3 Å². The summed E-state index contributed by atoms with van der Waals surface area (Å²) in [6.07, 6.45) is -2.48. The molecule has 3 N–H and O–H groups in total. The third-order valence-corrected chi connectivity index (χ3v) is 7.38. The Kier molecular flexibility index (Phi) is 7.05. The molecule has 4 aromatic rings. The van der Waals surface area contributed by atoms with Crippen molar-refractivity contribution in [3.63, 3.8) is 0 Å². The number of amides is 1. The zero-order valence-corrected chi connectivity index (χ0v) is 22.1. The molecule has 0 aromatic carbocycles. The van der Waals surface area contributed by atoms with Crippen LogP contribution in [0.1, 0.15) is 42.6 Å². The number of nitrogens with one attached hydrogen (secondary N) is 3. The third kappa shape index (κ3) is 5.88. The molecule has 0 saturated carbocycles. The summed E-state index contributed by atoms with van der Waals surface area (Å²) in [5, 5.41) is 16.7. The number of alkyl halides is 4. The number of anilines is 1. The van der Waals surface area contributed by atoms with Crippen molar-refractivity contribution >= 4 is 33.1 Å². The highest BCUT2D eigenvalue weighted by atomic mass is 32.1. The standard InChI is InChI=1S/C24H26F4N8O2S/c1-23(2,3)36-11-12(7-32-36)22(37)31-10-17-34-21(35-38-17)19-13(6-24(26,27)28)18-20(39-19)15(4-5-30-18)33-16-9-29-8-14(16)25/h4-5,7,11,14,16,29H,6,8-10H2,1-3H3,(H,30,33)(H,31,37)/t14-,16+/m0/s1. The van der Waals surface area contributed by atoms with Gasteiger partial charge >= 0.3 is 6.18 Å². The molecule has 1 aliphatic rings. The second kappa shape index (κ2) is 10.2. The van der Waals surface area contributed by atoms with E-state index in [4.69, 9.17) is 4.52 Å². The Labute approximate surface area is 224 Å². The molecule has 0 spiro atoms. The van der Waals surface area contributed by atoms with Gasteiger partial charge in [0.15, 0.2) is 0 Å². The number of pyridine rings is 1. The topological polar surface area (TPSA) is 123 Å². The summed E-state index contributed by atoms with van der Waals surface area (Å²) >= 11 is 1.02. The molecule has 1 amide bonds. The highest BCUT2D eigenvalue weighted by Gasteiger charge is 2.34. The van der Waals surface area contributed by atoms with Crippen LogP contribution in [-0.2, 0) is 18.5 Å². The van der Waals surface area contributed by atoms with Crippen LogP contribution in [0.5, 0.6) is 0 Å². The number of hydrogen-bond donors (Lipinski definition) is 3. The van der Waals surface area contributed by atoms with Crippen LogP contribution in [0.4, 0.5) is 23.2 Å². The Morgan fingerprint density at radius 2 is 2.08 bits per heavy atom. The lowest BCUT2D eigenvalue weighted by atomic mass is 10.1. The number of fused-ring (bicyclic) bond motifs is 1. The number of thiophene rings is 1. The van der Waals surface area contributed by atoms with Crippen molar-refractivity contribution in [1.29, 1.82) is 0 Å². The van der Waals surface area contributed by atoms with E-state index in [0.29, 0.717) is 22.5 Å². The zero-order valence-electron chi connectivity index (χ0n) is 21.3. The van der Waals surface area contributed by atoms with Crippen LogP contribution in [0, 0.1) is 0 Å². The molecule has 5 heterocycles. The smallest absolute Gasteiger partial charge is 0.377 e. The van der Waals surface area contributed by atoms with Gasteiger partial charge in [0.2, 0.25) is 11.7 Å². The number of aromatic nitrogens is 5. The van der Waals surface area contributed by atoms with E-state index < -0.39 is 30.7 Å². The Morgan fingerprint density at radius 3 is 2.74 bits per heavy atom. The fraction of sp³-hybridized carbons (Fsp3) is 0.458. The Hall–Kier alpha value is -3.59. The van der Waals surface area contributed by atoms with E-state index in [-0.39, 0.29) is 46.3 Å². The predicted octanol–water partition coefficient (Wildman–Crippen LogP) is 4.05. The van der Waals surface area contributed by atoms with Crippen LogP contribution in [-0.4, -0.2) is 62.3 Å². The van der Waals surface area contributed by atoms with Gasteiger partial charge in [-0.3, -0.25) is 14.5 Å². The first-order chi connectivity index (χ1) is 18.4. The maximum Gasteiger partial charge on any atom is 0.393 e. The molecule has 5 rings (SSSR count). The van der Waals surface area contributed by atoms with E-state index in [1.807, 2.05) is 20.8 Å². The lowest BCUT2D eigenvalue weighted by molar-refractivity contribution is -0.126. The fourth-order valence-corrected chi connectivity index (χ4v) is 5.35. The summed E-state index contributed by atoms with van der Waals surface area (Å²) in [4.78, 5) is 21.1. The summed E-state index contributed by atoms with van der Waals surface area (Å²) in [7, 11) is 0. The van der Waals surface area contributed by atoms with E-state index in [1.165, 1.54) is 12.4 Å². The summed E-state index contributed by atoms with van der Waals surface area (Å²) in [5.74, 6) is -0.461. The monoisotopic (exact) mass is 566 g/mol. The maximum atomic E-state index is 14.2. The van der Waals surface area contributed by atoms with Crippen molar-refractivity contribution < 1.29 is 26.9 Å². The molecule has 0 unspecified atom stereocenters. The average molecular weight is 567 g/mol. The first-order valence-electron chi connectivity index (χ1n) is 12.1. The van der Waals surface area contributed by atoms with Gasteiger partial charge in [-0.15, -0.1) is 11.3 Å². The summed E-state index contributed by atoms with van der Waals surface area (Å²) in [6, 6.07) is 1.08. The van der Waals surface area contributed by atoms with Crippen LogP contribution >= 0.6 is 11.3 Å². The van der Waals surface area contributed by atoms with Crippen LogP contribution in [0.3, 0.4) is 0 Å². The minimum atomic E-state index is -4.52. The molecule has 0 aliphatic carbocycles. The minimum absolute atomic E-state index is 0.0144. The van der Waals surface area contributed by atoms with Gasteiger partial charge in [0.1, 0.15) is 6.17 Å². The largest absolute Gasteiger partial charge is 0.393 e. The van der Waals surface area contributed by atoms with Crippen molar-refractivity contribution in [3.05, 3.63) is 41.7 Å². The van der Waals surface area contributed by atoms with Gasteiger partial charge in [0, 0.05) is 31.0 Å². The predicted molar refractivity (Wildman–Crippen MR) is 136 cm³/mol. The van der Waals surface area contributed by atoms with Gasteiger partial charge in [0.25, 0.3) is 5.91 Å². The highest BCUT2D eigenvalue weighted by molar-refractivity contribution is 7.23. The molecule has 208 valence electrons. The number of hydrogen-bond acceptors (Lipinski definition) is 9. The normalized spacial score (nSPS) is 18.1. The van der Waals surface area contributed by atoms with Crippen molar-refractivity contribution in [2.75, 3.05) is 18.4 Å². The SMILES string of the molecule is CC(C)(C)n1cc(C(=O)NCc2nc(-c3sc4c(N[C@@H]5CNC[C@@H]5F)ccnc4c3CC(F)(F)F)no2)cn1. The fourth-order valence-electron chi connectivity index (χ4n) is 4.17. The van der Waals surface area contributed by atoms with E-state index in [2.05, 4.69) is 36.2 Å². The van der Waals surface area contributed by atoms with Gasteiger partial charge in [-0.25, -0.2) is 4.39 Å². The Morgan fingerprint density at radius 1 is 1.28 bits per heavy atom. The third-order valence-electron chi connectivity index (χ3n) is 6.13. The molecule has 1 fully saturated rings. The molecule has 0 radical (unpaired) electrons. The highest BCUT2D eigenvalue weighted by Crippen LogP contribution is 2.42. The van der Waals surface area contributed by atoms with Crippen molar-refractivity contribution in [1.82, 2.24) is 35.5 Å². The summed E-state index contributed by atoms with van der Waals surface area (Å²) < 4.78 is 62.2.